The summed E-state index contributed by atoms with van der Waals surface area (Å²) < 4.78 is 14.5. The monoisotopic (exact) mass is 381 g/mol. The number of hydrogen-bond acceptors (Lipinski definition) is 4. The molecule has 3 aromatic rings. The fourth-order valence-corrected chi connectivity index (χ4v) is 4.01. The van der Waals surface area contributed by atoms with Crippen LogP contribution in [0.15, 0.2) is 41.3 Å². The van der Waals surface area contributed by atoms with Crippen molar-refractivity contribution in [2.75, 3.05) is 18.0 Å². The first-order chi connectivity index (χ1) is 13.4. The van der Waals surface area contributed by atoms with Gasteiger partial charge in [0.1, 0.15) is 5.82 Å². The van der Waals surface area contributed by atoms with E-state index in [4.69, 9.17) is 4.98 Å². The smallest absolute Gasteiger partial charge is 0.271 e. The Kier molecular flexibility index (Phi) is 4.75. The maximum Gasteiger partial charge on any atom is 0.271 e. The van der Waals surface area contributed by atoms with Crippen molar-refractivity contribution in [1.29, 1.82) is 0 Å². The number of nitrogens with one attached hydrogen (secondary N) is 1. The largest absolute Gasteiger partial charge is 0.340 e. The minimum atomic E-state index is -0.343. The standard InChI is InChI=1S/C21H24FN5O/c1-13-8-14(2)12-26(11-13)21-23-10-18(15(3)24-21)19-9-20(28)27(25-19)17-6-4-16(22)5-7-17/h4-7,9-10,13-14,25H,8,11-12H2,1-3H3. The number of H-pyrrole nitrogens is 1. The second kappa shape index (κ2) is 7.22. The molecule has 1 aromatic carbocycles. The second-order valence-electron chi connectivity index (χ2n) is 7.84. The van der Waals surface area contributed by atoms with Gasteiger partial charge in [-0.15, -0.1) is 0 Å². The summed E-state index contributed by atoms with van der Waals surface area (Å²) in [6, 6.07) is 7.28. The fourth-order valence-electron chi connectivity index (χ4n) is 4.01. The lowest BCUT2D eigenvalue weighted by molar-refractivity contribution is 0.353. The van der Waals surface area contributed by atoms with E-state index in [9.17, 15) is 9.18 Å². The molecule has 1 fully saturated rings. The van der Waals surface area contributed by atoms with Crippen molar-refractivity contribution in [3.8, 4) is 16.9 Å². The molecule has 3 heterocycles. The predicted molar refractivity (Wildman–Crippen MR) is 107 cm³/mol. The Hall–Kier alpha value is -2.96. The highest BCUT2D eigenvalue weighted by atomic mass is 19.1. The van der Waals surface area contributed by atoms with Gasteiger partial charge in [-0.05, 0) is 49.4 Å². The van der Waals surface area contributed by atoms with E-state index in [0.29, 0.717) is 23.2 Å². The van der Waals surface area contributed by atoms with Crippen LogP contribution in [0.1, 0.15) is 26.0 Å². The van der Waals surface area contributed by atoms with E-state index in [0.717, 1.165) is 30.3 Å². The van der Waals surface area contributed by atoms with Crippen molar-refractivity contribution < 1.29 is 4.39 Å². The molecular formula is C21H24FN5O. The van der Waals surface area contributed by atoms with Gasteiger partial charge in [0.25, 0.3) is 5.56 Å². The van der Waals surface area contributed by atoms with Crippen LogP contribution in [-0.4, -0.2) is 32.8 Å². The summed E-state index contributed by atoms with van der Waals surface area (Å²) in [6.45, 7) is 8.35. The molecule has 0 radical (unpaired) electrons. The summed E-state index contributed by atoms with van der Waals surface area (Å²) in [7, 11) is 0. The maximum absolute atomic E-state index is 13.1. The number of piperidine rings is 1. The van der Waals surface area contributed by atoms with Gasteiger partial charge in [0.15, 0.2) is 0 Å². The Labute approximate surface area is 163 Å². The molecule has 2 atom stereocenters. The van der Waals surface area contributed by atoms with Crippen LogP contribution in [-0.2, 0) is 0 Å². The van der Waals surface area contributed by atoms with Crippen LogP contribution in [0.4, 0.5) is 10.3 Å². The van der Waals surface area contributed by atoms with Gasteiger partial charge in [-0.2, -0.15) is 0 Å². The summed E-state index contributed by atoms with van der Waals surface area (Å²) in [5, 5.41) is 3.08. The zero-order valence-electron chi connectivity index (χ0n) is 16.3. The molecule has 7 heteroatoms. The molecule has 1 saturated heterocycles. The van der Waals surface area contributed by atoms with Gasteiger partial charge in [0.2, 0.25) is 5.95 Å². The Morgan fingerprint density at radius 2 is 1.82 bits per heavy atom. The van der Waals surface area contributed by atoms with Gasteiger partial charge in [-0.25, -0.2) is 19.0 Å². The SMILES string of the molecule is Cc1nc(N2CC(C)CC(C)C2)ncc1-c1cc(=O)n(-c2ccc(F)cc2)[nH]1. The number of hydrogen-bond donors (Lipinski definition) is 1. The van der Waals surface area contributed by atoms with Crippen LogP contribution >= 0.6 is 0 Å². The fraction of sp³-hybridized carbons (Fsp3) is 0.381. The molecule has 2 unspecified atom stereocenters. The van der Waals surface area contributed by atoms with E-state index in [1.807, 2.05) is 6.92 Å². The summed E-state index contributed by atoms with van der Waals surface area (Å²) in [5.41, 5.74) is 2.58. The van der Waals surface area contributed by atoms with Gasteiger partial charge in [0, 0.05) is 30.9 Å². The molecule has 0 saturated carbocycles. The lowest BCUT2D eigenvalue weighted by Gasteiger charge is -2.35. The predicted octanol–water partition coefficient (Wildman–Crippen LogP) is 3.55. The minimum absolute atomic E-state index is 0.219. The molecule has 28 heavy (non-hydrogen) atoms. The van der Waals surface area contributed by atoms with Crippen molar-refractivity contribution in [2.45, 2.75) is 27.2 Å². The summed E-state index contributed by atoms with van der Waals surface area (Å²) in [6.07, 6.45) is 2.99. The van der Waals surface area contributed by atoms with Gasteiger partial charge in [0.05, 0.1) is 17.1 Å². The molecule has 2 aromatic heterocycles. The van der Waals surface area contributed by atoms with Gasteiger partial charge < -0.3 is 4.90 Å². The van der Waals surface area contributed by atoms with Crippen molar-refractivity contribution in [2.24, 2.45) is 11.8 Å². The maximum atomic E-state index is 13.1. The van der Waals surface area contributed by atoms with Gasteiger partial charge in [-0.1, -0.05) is 13.8 Å². The van der Waals surface area contributed by atoms with Crippen molar-refractivity contribution in [1.82, 2.24) is 19.7 Å². The topological polar surface area (TPSA) is 66.8 Å². The molecule has 0 spiro atoms. The molecule has 1 aliphatic rings. The minimum Gasteiger partial charge on any atom is -0.340 e. The summed E-state index contributed by atoms with van der Waals surface area (Å²) >= 11 is 0. The van der Waals surface area contributed by atoms with E-state index < -0.39 is 0 Å². The average Bonchev–Trinajstić information content (AvgIpc) is 3.03. The van der Waals surface area contributed by atoms with Crippen LogP contribution in [0.3, 0.4) is 0 Å². The van der Waals surface area contributed by atoms with Crippen LogP contribution in [0.25, 0.3) is 16.9 Å². The molecule has 4 rings (SSSR count). The van der Waals surface area contributed by atoms with Crippen molar-refractivity contribution in [3.05, 3.63) is 58.4 Å². The van der Waals surface area contributed by atoms with Crippen LogP contribution in [0.5, 0.6) is 0 Å². The molecule has 1 N–H and O–H groups in total. The molecule has 0 bridgehead atoms. The summed E-state index contributed by atoms with van der Waals surface area (Å²) in [5.74, 6) is 1.63. The van der Waals surface area contributed by atoms with Gasteiger partial charge in [-0.3, -0.25) is 9.89 Å². The number of halogens is 1. The quantitative estimate of drug-likeness (QED) is 0.753. The lowest BCUT2D eigenvalue weighted by Crippen LogP contribution is -2.39. The first-order valence-corrected chi connectivity index (χ1v) is 9.57. The zero-order valence-corrected chi connectivity index (χ0v) is 16.3. The number of nitrogens with zero attached hydrogens (tertiary/aromatic N) is 4. The molecule has 0 aliphatic carbocycles. The molecule has 0 amide bonds. The normalized spacial score (nSPS) is 19.8. The number of aryl methyl sites for hydroxylation is 1. The Morgan fingerprint density at radius 3 is 2.46 bits per heavy atom. The Balaban J connectivity index is 1.64. The molecular weight excluding hydrogens is 357 g/mol. The highest BCUT2D eigenvalue weighted by Crippen LogP contribution is 2.26. The Morgan fingerprint density at radius 1 is 1.14 bits per heavy atom. The van der Waals surface area contributed by atoms with Crippen LogP contribution in [0, 0.1) is 24.6 Å². The average molecular weight is 381 g/mol. The number of anilines is 1. The number of aromatic nitrogens is 4. The van der Waals surface area contributed by atoms with E-state index in [1.54, 1.807) is 18.3 Å². The van der Waals surface area contributed by atoms with E-state index in [-0.39, 0.29) is 11.4 Å². The van der Waals surface area contributed by atoms with Crippen molar-refractivity contribution >= 4 is 5.95 Å². The first-order valence-electron chi connectivity index (χ1n) is 9.57. The lowest BCUT2D eigenvalue weighted by atomic mass is 9.92. The third kappa shape index (κ3) is 3.56. The Bertz CT molecular complexity index is 1030. The third-order valence-corrected chi connectivity index (χ3v) is 5.21. The van der Waals surface area contributed by atoms with Crippen LogP contribution < -0.4 is 10.5 Å². The van der Waals surface area contributed by atoms with Crippen LogP contribution in [0.2, 0.25) is 0 Å². The molecule has 146 valence electrons. The highest BCUT2D eigenvalue weighted by Gasteiger charge is 2.24. The molecule has 1 aliphatic heterocycles. The summed E-state index contributed by atoms with van der Waals surface area (Å²) in [4.78, 5) is 23.9. The van der Waals surface area contributed by atoms with E-state index in [1.165, 1.54) is 29.3 Å². The second-order valence-corrected chi connectivity index (χ2v) is 7.84. The van der Waals surface area contributed by atoms with Crippen molar-refractivity contribution in [3.63, 3.8) is 0 Å². The zero-order chi connectivity index (χ0) is 19.8. The molecule has 6 nitrogen and oxygen atoms in total. The third-order valence-electron chi connectivity index (χ3n) is 5.21. The number of benzene rings is 1. The van der Waals surface area contributed by atoms with E-state index in [2.05, 4.69) is 28.8 Å². The first kappa shape index (κ1) is 18.4. The number of aromatic amines is 1. The highest BCUT2D eigenvalue weighted by molar-refractivity contribution is 5.61. The van der Waals surface area contributed by atoms with Gasteiger partial charge >= 0.3 is 0 Å². The van der Waals surface area contributed by atoms with E-state index >= 15 is 0 Å². The number of rotatable bonds is 3.